The van der Waals surface area contributed by atoms with Crippen molar-refractivity contribution >= 4 is 17.6 Å². The first-order valence-electron chi connectivity index (χ1n) is 8.92. The Hall–Kier alpha value is -3.40. The lowest BCUT2D eigenvalue weighted by molar-refractivity contribution is -0.125. The Morgan fingerprint density at radius 3 is 2.48 bits per heavy atom. The lowest BCUT2D eigenvalue weighted by atomic mass is 9.98. The highest BCUT2D eigenvalue weighted by atomic mass is 16.5. The molecule has 3 aromatic rings. The Morgan fingerprint density at radius 1 is 0.926 bits per heavy atom. The summed E-state index contributed by atoms with van der Waals surface area (Å²) in [4.78, 5) is 24.9. The zero-order chi connectivity index (χ0) is 18.6. The molecule has 1 heterocycles. The Bertz CT molecular complexity index is 982. The van der Waals surface area contributed by atoms with Gasteiger partial charge in [-0.25, -0.2) is 4.79 Å². The number of para-hydroxylation sites is 1. The molecular weight excluding hydrogens is 338 g/mol. The van der Waals surface area contributed by atoms with Crippen molar-refractivity contribution in [2.24, 2.45) is 0 Å². The Labute approximate surface area is 157 Å². The van der Waals surface area contributed by atoms with Crippen LogP contribution in [0.4, 0.5) is 5.69 Å². The molecule has 1 N–H and O–H groups in total. The number of carbonyl (C=O) groups is 2. The number of fused-ring (bicyclic) bond motifs is 1. The highest BCUT2D eigenvalue weighted by Gasteiger charge is 2.31. The molecule has 0 fully saturated rings. The molecule has 0 unspecified atom stereocenters. The maximum absolute atomic E-state index is 12.7. The van der Waals surface area contributed by atoms with E-state index in [0.29, 0.717) is 18.4 Å². The van der Waals surface area contributed by atoms with Gasteiger partial charge < -0.3 is 10.1 Å². The third-order valence-electron chi connectivity index (χ3n) is 4.70. The monoisotopic (exact) mass is 357 g/mol. The smallest absolute Gasteiger partial charge is 0.339 e. The summed E-state index contributed by atoms with van der Waals surface area (Å²) < 4.78 is 5.35. The number of carbonyl (C=O) groups excluding carboxylic acids is 2. The van der Waals surface area contributed by atoms with E-state index in [4.69, 9.17) is 4.74 Å². The first-order chi connectivity index (χ1) is 13.2. The number of benzene rings is 3. The summed E-state index contributed by atoms with van der Waals surface area (Å²) >= 11 is 0. The zero-order valence-corrected chi connectivity index (χ0v) is 14.7. The zero-order valence-electron chi connectivity index (χ0n) is 14.7. The predicted molar refractivity (Wildman–Crippen MR) is 104 cm³/mol. The second-order valence-corrected chi connectivity index (χ2v) is 6.56. The van der Waals surface area contributed by atoms with Gasteiger partial charge in [-0.2, -0.15) is 0 Å². The highest BCUT2D eigenvalue weighted by molar-refractivity contribution is 6.00. The van der Waals surface area contributed by atoms with Gasteiger partial charge in [0.15, 0.2) is 6.10 Å². The molecule has 0 aromatic heterocycles. The average Bonchev–Trinajstić information content (AvgIpc) is 2.70. The topological polar surface area (TPSA) is 55.4 Å². The number of hydrogen-bond donors (Lipinski definition) is 1. The molecular formula is C23H19NO3. The maximum atomic E-state index is 12.7. The van der Waals surface area contributed by atoms with E-state index in [2.05, 4.69) is 17.4 Å². The summed E-state index contributed by atoms with van der Waals surface area (Å²) in [7, 11) is 0. The van der Waals surface area contributed by atoms with Gasteiger partial charge in [-0.1, -0.05) is 66.7 Å². The summed E-state index contributed by atoms with van der Waals surface area (Å²) in [6.45, 7) is 0. The first-order valence-corrected chi connectivity index (χ1v) is 8.92. The molecule has 4 rings (SSSR count). The fraction of sp³-hybridized carbons (Fsp3) is 0.130. The minimum atomic E-state index is -0.822. The third kappa shape index (κ3) is 3.75. The van der Waals surface area contributed by atoms with Crippen LogP contribution in [0.1, 0.15) is 27.0 Å². The van der Waals surface area contributed by atoms with Crippen molar-refractivity contribution in [1.29, 1.82) is 0 Å². The number of rotatable bonds is 4. The van der Waals surface area contributed by atoms with Gasteiger partial charge in [0.1, 0.15) is 0 Å². The fourth-order valence-corrected chi connectivity index (χ4v) is 3.30. The summed E-state index contributed by atoms with van der Waals surface area (Å²) in [6, 6.07) is 25.0. The number of amides is 1. The van der Waals surface area contributed by atoms with Crippen molar-refractivity contribution in [3.8, 4) is 0 Å². The van der Waals surface area contributed by atoms with Gasteiger partial charge in [0.05, 0.1) is 5.56 Å². The van der Waals surface area contributed by atoms with Gasteiger partial charge in [0.2, 0.25) is 0 Å². The van der Waals surface area contributed by atoms with Crippen molar-refractivity contribution in [2.75, 3.05) is 5.32 Å². The SMILES string of the molecule is O=C1O[C@@H](C(=O)Nc2ccccc2Cc2ccccc2)Cc2ccccc21. The normalized spacial score (nSPS) is 15.6. The van der Waals surface area contributed by atoms with Crippen LogP contribution in [0.5, 0.6) is 0 Å². The second kappa shape index (κ2) is 7.46. The van der Waals surface area contributed by atoms with E-state index in [1.54, 1.807) is 12.1 Å². The highest BCUT2D eigenvalue weighted by Crippen LogP contribution is 2.23. The maximum Gasteiger partial charge on any atom is 0.339 e. The number of nitrogens with one attached hydrogen (secondary N) is 1. The van der Waals surface area contributed by atoms with Crippen LogP contribution in [0, 0.1) is 0 Å². The number of ether oxygens (including phenoxy) is 1. The van der Waals surface area contributed by atoms with Crippen LogP contribution in [-0.4, -0.2) is 18.0 Å². The summed E-state index contributed by atoms with van der Waals surface area (Å²) in [5.41, 5.74) is 4.29. The van der Waals surface area contributed by atoms with E-state index < -0.39 is 12.1 Å². The third-order valence-corrected chi connectivity index (χ3v) is 4.70. The van der Waals surface area contributed by atoms with Gasteiger partial charge >= 0.3 is 5.97 Å². The van der Waals surface area contributed by atoms with E-state index in [1.807, 2.05) is 54.6 Å². The molecule has 27 heavy (non-hydrogen) atoms. The molecule has 3 aromatic carbocycles. The summed E-state index contributed by atoms with van der Waals surface area (Å²) in [6.07, 6.45) is 0.274. The van der Waals surface area contributed by atoms with Crippen LogP contribution >= 0.6 is 0 Å². The summed E-state index contributed by atoms with van der Waals surface area (Å²) in [5, 5.41) is 2.94. The van der Waals surface area contributed by atoms with Crippen molar-refractivity contribution in [1.82, 2.24) is 0 Å². The quantitative estimate of drug-likeness (QED) is 0.718. The molecule has 0 saturated heterocycles. The number of anilines is 1. The van der Waals surface area contributed by atoms with Gasteiger partial charge in [-0.05, 0) is 35.2 Å². The Balaban J connectivity index is 1.52. The molecule has 0 radical (unpaired) electrons. The molecule has 4 nitrogen and oxygen atoms in total. The molecule has 1 aliphatic heterocycles. The van der Waals surface area contributed by atoms with E-state index >= 15 is 0 Å². The molecule has 1 amide bonds. The van der Waals surface area contributed by atoms with E-state index in [0.717, 1.165) is 22.4 Å². The van der Waals surface area contributed by atoms with Crippen LogP contribution in [0.15, 0.2) is 78.9 Å². The number of esters is 1. The molecule has 0 aliphatic carbocycles. The molecule has 1 atom stereocenters. The van der Waals surface area contributed by atoms with Crippen LogP contribution in [0.25, 0.3) is 0 Å². The number of cyclic esters (lactones) is 1. The molecule has 1 aliphatic rings. The molecule has 4 heteroatoms. The van der Waals surface area contributed by atoms with Gasteiger partial charge in [-0.3, -0.25) is 4.79 Å². The lowest BCUT2D eigenvalue weighted by Gasteiger charge is -2.24. The summed E-state index contributed by atoms with van der Waals surface area (Å²) in [5.74, 6) is -0.757. The van der Waals surface area contributed by atoms with Gasteiger partial charge in [0.25, 0.3) is 5.91 Å². The van der Waals surface area contributed by atoms with Crippen LogP contribution in [0.3, 0.4) is 0 Å². The Morgan fingerprint density at radius 2 is 1.63 bits per heavy atom. The second-order valence-electron chi connectivity index (χ2n) is 6.56. The van der Waals surface area contributed by atoms with Crippen LogP contribution in [0.2, 0.25) is 0 Å². The van der Waals surface area contributed by atoms with E-state index in [9.17, 15) is 9.59 Å². The predicted octanol–water partition coefficient (Wildman–Crippen LogP) is 4.00. The fourth-order valence-electron chi connectivity index (χ4n) is 3.30. The van der Waals surface area contributed by atoms with Crippen LogP contribution in [-0.2, 0) is 22.4 Å². The average molecular weight is 357 g/mol. The standard InChI is InChI=1S/C23H19NO3/c25-22(21-15-17-10-4-6-12-19(17)23(26)27-21)24-20-13-7-5-11-18(20)14-16-8-2-1-3-9-16/h1-13,21H,14-15H2,(H,24,25)/t21-/m1/s1. The van der Waals surface area contributed by atoms with E-state index in [-0.39, 0.29) is 5.91 Å². The Kier molecular flexibility index (Phi) is 4.71. The van der Waals surface area contributed by atoms with Gasteiger partial charge in [-0.15, -0.1) is 0 Å². The minimum Gasteiger partial charge on any atom is -0.448 e. The van der Waals surface area contributed by atoms with E-state index in [1.165, 1.54) is 0 Å². The van der Waals surface area contributed by atoms with Crippen molar-refractivity contribution < 1.29 is 14.3 Å². The van der Waals surface area contributed by atoms with Crippen LogP contribution < -0.4 is 5.32 Å². The number of hydrogen-bond acceptors (Lipinski definition) is 3. The molecule has 0 spiro atoms. The molecule has 0 bridgehead atoms. The molecule has 134 valence electrons. The van der Waals surface area contributed by atoms with Crippen molar-refractivity contribution in [2.45, 2.75) is 18.9 Å². The largest absolute Gasteiger partial charge is 0.448 e. The lowest BCUT2D eigenvalue weighted by Crippen LogP contribution is -2.38. The minimum absolute atomic E-state index is 0.307. The first kappa shape index (κ1) is 17.0. The van der Waals surface area contributed by atoms with Crippen molar-refractivity contribution in [3.63, 3.8) is 0 Å². The van der Waals surface area contributed by atoms with Gasteiger partial charge in [0, 0.05) is 12.1 Å². The molecule has 0 saturated carbocycles. The van der Waals surface area contributed by atoms with Crippen molar-refractivity contribution in [3.05, 3.63) is 101 Å².